The van der Waals surface area contributed by atoms with Crippen molar-refractivity contribution in [3.8, 4) is 0 Å². The summed E-state index contributed by atoms with van der Waals surface area (Å²) in [5.41, 5.74) is 1.02. The van der Waals surface area contributed by atoms with Crippen molar-refractivity contribution < 1.29 is 9.53 Å². The van der Waals surface area contributed by atoms with Gasteiger partial charge in [0.15, 0.2) is 0 Å². The SMILES string of the molecule is CCCOC(=O)Cc1ccc2sccc2c1. The van der Waals surface area contributed by atoms with Gasteiger partial charge in [-0.05, 0) is 40.9 Å². The molecule has 2 aromatic rings. The van der Waals surface area contributed by atoms with Crippen LogP contribution in [0.25, 0.3) is 10.1 Å². The quantitative estimate of drug-likeness (QED) is 0.758. The predicted molar refractivity (Wildman–Crippen MR) is 66.8 cm³/mol. The molecule has 0 unspecified atom stereocenters. The maximum Gasteiger partial charge on any atom is 0.310 e. The molecule has 0 spiro atoms. The highest BCUT2D eigenvalue weighted by molar-refractivity contribution is 7.17. The van der Waals surface area contributed by atoms with Gasteiger partial charge in [-0.25, -0.2) is 0 Å². The Bertz CT molecular complexity index is 487. The Labute approximate surface area is 98.9 Å². The molecule has 0 atom stereocenters. The van der Waals surface area contributed by atoms with Crippen molar-refractivity contribution in [3.05, 3.63) is 35.2 Å². The van der Waals surface area contributed by atoms with Crippen LogP contribution in [0.5, 0.6) is 0 Å². The lowest BCUT2D eigenvalue weighted by Gasteiger charge is -2.03. The fourth-order valence-electron chi connectivity index (χ4n) is 1.56. The summed E-state index contributed by atoms with van der Waals surface area (Å²) in [5, 5.41) is 3.26. The van der Waals surface area contributed by atoms with Gasteiger partial charge in [0.1, 0.15) is 0 Å². The first-order valence-electron chi connectivity index (χ1n) is 5.41. The molecule has 1 aromatic carbocycles. The molecule has 0 saturated carbocycles. The van der Waals surface area contributed by atoms with Crippen LogP contribution in [0.4, 0.5) is 0 Å². The second-order valence-corrected chi connectivity index (χ2v) is 4.64. The Morgan fingerprint density at radius 1 is 1.38 bits per heavy atom. The van der Waals surface area contributed by atoms with Crippen LogP contribution in [0.1, 0.15) is 18.9 Å². The fraction of sp³-hybridized carbons (Fsp3) is 0.308. The average Bonchev–Trinajstić information content (AvgIpc) is 2.73. The molecule has 0 bridgehead atoms. The van der Waals surface area contributed by atoms with Gasteiger partial charge in [0.25, 0.3) is 0 Å². The number of rotatable bonds is 4. The largest absolute Gasteiger partial charge is 0.465 e. The zero-order chi connectivity index (χ0) is 11.4. The Kier molecular flexibility index (Phi) is 3.57. The number of benzene rings is 1. The normalized spacial score (nSPS) is 10.6. The molecule has 0 radical (unpaired) electrons. The van der Waals surface area contributed by atoms with E-state index >= 15 is 0 Å². The van der Waals surface area contributed by atoms with Crippen LogP contribution in [-0.2, 0) is 16.0 Å². The smallest absolute Gasteiger partial charge is 0.310 e. The summed E-state index contributed by atoms with van der Waals surface area (Å²) in [4.78, 5) is 11.4. The summed E-state index contributed by atoms with van der Waals surface area (Å²) in [6.07, 6.45) is 1.24. The minimum Gasteiger partial charge on any atom is -0.465 e. The summed E-state index contributed by atoms with van der Waals surface area (Å²) < 4.78 is 6.31. The first-order valence-corrected chi connectivity index (χ1v) is 6.29. The van der Waals surface area contributed by atoms with E-state index in [1.165, 1.54) is 10.1 Å². The van der Waals surface area contributed by atoms with Gasteiger partial charge in [0.2, 0.25) is 0 Å². The third-order valence-corrected chi connectivity index (χ3v) is 3.23. The first-order chi connectivity index (χ1) is 7.79. The molecular formula is C13H14O2S. The van der Waals surface area contributed by atoms with E-state index in [0.717, 1.165) is 12.0 Å². The van der Waals surface area contributed by atoms with Crippen molar-refractivity contribution in [2.75, 3.05) is 6.61 Å². The standard InChI is InChI=1S/C13H14O2S/c1-2-6-15-13(14)9-10-3-4-12-11(8-10)5-7-16-12/h3-5,7-8H,2,6,9H2,1H3. The van der Waals surface area contributed by atoms with Gasteiger partial charge < -0.3 is 4.74 Å². The van der Waals surface area contributed by atoms with Crippen LogP contribution in [0.2, 0.25) is 0 Å². The van der Waals surface area contributed by atoms with Gasteiger partial charge in [-0.2, -0.15) is 0 Å². The summed E-state index contributed by atoms with van der Waals surface area (Å²) in [6, 6.07) is 8.17. The van der Waals surface area contributed by atoms with Gasteiger partial charge in [-0.1, -0.05) is 13.0 Å². The van der Waals surface area contributed by atoms with Crippen LogP contribution in [0.15, 0.2) is 29.6 Å². The molecule has 3 heteroatoms. The molecule has 0 aliphatic rings. The summed E-state index contributed by atoms with van der Waals surface area (Å²) >= 11 is 1.71. The topological polar surface area (TPSA) is 26.3 Å². The number of hydrogen-bond donors (Lipinski definition) is 0. The van der Waals surface area contributed by atoms with Gasteiger partial charge in [0.05, 0.1) is 13.0 Å². The van der Waals surface area contributed by atoms with E-state index in [1.54, 1.807) is 11.3 Å². The first kappa shape index (κ1) is 11.1. The second-order valence-electron chi connectivity index (χ2n) is 3.69. The number of fused-ring (bicyclic) bond motifs is 1. The van der Waals surface area contributed by atoms with Gasteiger partial charge in [-0.3, -0.25) is 4.79 Å². The van der Waals surface area contributed by atoms with Gasteiger partial charge in [0, 0.05) is 4.70 Å². The number of carbonyl (C=O) groups excluding carboxylic acids is 1. The number of thiophene rings is 1. The van der Waals surface area contributed by atoms with Crippen molar-refractivity contribution in [1.82, 2.24) is 0 Å². The maximum absolute atomic E-state index is 11.4. The van der Waals surface area contributed by atoms with Crippen LogP contribution < -0.4 is 0 Å². The summed E-state index contributed by atoms with van der Waals surface area (Å²) in [5.74, 6) is -0.142. The van der Waals surface area contributed by atoms with Crippen LogP contribution in [0.3, 0.4) is 0 Å². The monoisotopic (exact) mass is 234 g/mol. The van der Waals surface area contributed by atoms with Crippen LogP contribution in [0, 0.1) is 0 Å². The predicted octanol–water partition coefficient (Wildman–Crippen LogP) is 3.40. The highest BCUT2D eigenvalue weighted by Crippen LogP contribution is 2.21. The third kappa shape index (κ3) is 2.61. The molecule has 84 valence electrons. The number of carbonyl (C=O) groups is 1. The van der Waals surface area contributed by atoms with Crippen molar-refractivity contribution in [2.45, 2.75) is 19.8 Å². The Morgan fingerprint density at radius 2 is 2.25 bits per heavy atom. The molecule has 0 amide bonds. The van der Waals surface area contributed by atoms with E-state index < -0.39 is 0 Å². The lowest BCUT2D eigenvalue weighted by Crippen LogP contribution is -2.08. The Hall–Kier alpha value is -1.35. The van der Waals surface area contributed by atoms with E-state index in [9.17, 15) is 4.79 Å². The van der Waals surface area contributed by atoms with E-state index in [1.807, 2.05) is 13.0 Å². The zero-order valence-electron chi connectivity index (χ0n) is 9.23. The van der Waals surface area contributed by atoms with Gasteiger partial charge >= 0.3 is 5.97 Å². The minimum absolute atomic E-state index is 0.142. The fourth-order valence-corrected chi connectivity index (χ4v) is 2.33. The number of ether oxygens (including phenoxy) is 1. The summed E-state index contributed by atoms with van der Waals surface area (Å²) in [6.45, 7) is 2.50. The Balaban J connectivity index is 2.06. The van der Waals surface area contributed by atoms with E-state index in [2.05, 4.69) is 23.6 Å². The van der Waals surface area contributed by atoms with Crippen LogP contribution in [-0.4, -0.2) is 12.6 Å². The number of esters is 1. The highest BCUT2D eigenvalue weighted by atomic mass is 32.1. The zero-order valence-corrected chi connectivity index (χ0v) is 10.0. The minimum atomic E-state index is -0.142. The third-order valence-electron chi connectivity index (χ3n) is 2.33. The molecule has 2 rings (SSSR count). The molecule has 2 nitrogen and oxygen atoms in total. The second kappa shape index (κ2) is 5.12. The lowest BCUT2D eigenvalue weighted by molar-refractivity contribution is -0.142. The molecule has 1 heterocycles. The molecule has 0 fully saturated rings. The van der Waals surface area contributed by atoms with Crippen LogP contribution >= 0.6 is 11.3 Å². The van der Waals surface area contributed by atoms with Crippen molar-refractivity contribution in [3.63, 3.8) is 0 Å². The average molecular weight is 234 g/mol. The molecule has 0 aliphatic carbocycles. The highest BCUT2D eigenvalue weighted by Gasteiger charge is 2.05. The van der Waals surface area contributed by atoms with Crippen molar-refractivity contribution >= 4 is 27.4 Å². The molecule has 0 N–H and O–H groups in total. The van der Waals surface area contributed by atoms with Crippen molar-refractivity contribution in [1.29, 1.82) is 0 Å². The van der Waals surface area contributed by atoms with E-state index in [0.29, 0.717) is 13.0 Å². The van der Waals surface area contributed by atoms with E-state index in [-0.39, 0.29) is 5.97 Å². The van der Waals surface area contributed by atoms with Gasteiger partial charge in [-0.15, -0.1) is 11.3 Å². The molecule has 0 aliphatic heterocycles. The number of hydrogen-bond acceptors (Lipinski definition) is 3. The summed E-state index contributed by atoms with van der Waals surface area (Å²) in [7, 11) is 0. The lowest BCUT2D eigenvalue weighted by atomic mass is 10.1. The maximum atomic E-state index is 11.4. The molecule has 1 aromatic heterocycles. The van der Waals surface area contributed by atoms with Crippen molar-refractivity contribution in [2.24, 2.45) is 0 Å². The molecule has 0 saturated heterocycles. The molecular weight excluding hydrogens is 220 g/mol. The Morgan fingerprint density at radius 3 is 3.06 bits per heavy atom. The molecule has 16 heavy (non-hydrogen) atoms. The van der Waals surface area contributed by atoms with E-state index in [4.69, 9.17) is 4.74 Å².